The van der Waals surface area contributed by atoms with E-state index in [0.717, 1.165) is 17.2 Å². The maximum atomic E-state index is 12.9. The molecule has 0 amide bonds. The fourth-order valence-electron chi connectivity index (χ4n) is 2.17. The van der Waals surface area contributed by atoms with Gasteiger partial charge in [-0.25, -0.2) is 0 Å². The predicted octanol–water partition coefficient (Wildman–Crippen LogP) is 4.26. The molecule has 2 rings (SSSR count). The highest BCUT2D eigenvalue weighted by Crippen LogP contribution is 2.34. The van der Waals surface area contributed by atoms with Gasteiger partial charge in [-0.1, -0.05) is 48.0 Å². The van der Waals surface area contributed by atoms with Crippen LogP contribution in [0.2, 0.25) is 0 Å². The Kier molecular flexibility index (Phi) is 4.14. The Labute approximate surface area is 116 Å². The second-order valence-corrected chi connectivity index (χ2v) is 4.88. The van der Waals surface area contributed by atoms with Gasteiger partial charge < -0.3 is 5.73 Å². The van der Waals surface area contributed by atoms with Crippen LogP contribution in [0.4, 0.5) is 13.2 Å². The van der Waals surface area contributed by atoms with Crippen LogP contribution < -0.4 is 5.73 Å². The Balaban J connectivity index is 2.25. The summed E-state index contributed by atoms with van der Waals surface area (Å²) in [6, 6.07) is 12.5. The number of halogens is 3. The van der Waals surface area contributed by atoms with Crippen LogP contribution in [-0.2, 0) is 12.6 Å². The summed E-state index contributed by atoms with van der Waals surface area (Å²) >= 11 is 0. The Morgan fingerprint density at radius 1 is 1.00 bits per heavy atom. The van der Waals surface area contributed by atoms with Gasteiger partial charge in [0.2, 0.25) is 0 Å². The van der Waals surface area contributed by atoms with E-state index in [1.54, 1.807) is 6.07 Å². The maximum Gasteiger partial charge on any atom is 0.416 e. The smallest absolute Gasteiger partial charge is 0.324 e. The molecule has 2 aromatic carbocycles. The number of benzene rings is 2. The molecule has 0 spiro atoms. The molecule has 0 saturated heterocycles. The maximum absolute atomic E-state index is 12.9. The summed E-state index contributed by atoms with van der Waals surface area (Å²) in [5.74, 6) is 0. The van der Waals surface area contributed by atoms with Crippen LogP contribution in [0.15, 0.2) is 48.5 Å². The third-order valence-electron chi connectivity index (χ3n) is 3.24. The van der Waals surface area contributed by atoms with Crippen LogP contribution in [0.5, 0.6) is 0 Å². The quantitative estimate of drug-likeness (QED) is 0.892. The largest absolute Gasteiger partial charge is 0.416 e. The molecule has 2 N–H and O–H groups in total. The van der Waals surface area contributed by atoms with E-state index in [2.05, 4.69) is 0 Å². The molecule has 0 bridgehead atoms. The van der Waals surface area contributed by atoms with Crippen molar-refractivity contribution in [2.45, 2.75) is 25.6 Å². The zero-order valence-corrected chi connectivity index (χ0v) is 11.1. The number of hydrogen-bond acceptors (Lipinski definition) is 1. The zero-order valence-electron chi connectivity index (χ0n) is 11.1. The topological polar surface area (TPSA) is 26.0 Å². The van der Waals surface area contributed by atoms with Crippen LogP contribution in [0.3, 0.4) is 0 Å². The van der Waals surface area contributed by atoms with Crippen LogP contribution in [0.1, 0.15) is 28.3 Å². The first-order valence-corrected chi connectivity index (χ1v) is 6.35. The summed E-state index contributed by atoms with van der Waals surface area (Å²) in [5.41, 5.74) is 7.49. The van der Waals surface area contributed by atoms with Gasteiger partial charge in [0.1, 0.15) is 0 Å². The van der Waals surface area contributed by atoms with Crippen LogP contribution in [0.25, 0.3) is 0 Å². The molecular weight excluding hydrogens is 263 g/mol. The molecule has 0 aliphatic heterocycles. The monoisotopic (exact) mass is 279 g/mol. The molecule has 0 saturated carbocycles. The highest BCUT2D eigenvalue weighted by atomic mass is 19.4. The lowest BCUT2D eigenvalue weighted by Crippen LogP contribution is -2.19. The van der Waals surface area contributed by atoms with Gasteiger partial charge in [0, 0.05) is 6.04 Å². The van der Waals surface area contributed by atoms with Crippen molar-refractivity contribution >= 4 is 0 Å². The van der Waals surface area contributed by atoms with Gasteiger partial charge >= 0.3 is 6.18 Å². The number of rotatable bonds is 3. The van der Waals surface area contributed by atoms with Gasteiger partial charge in [-0.2, -0.15) is 13.2 Å². The fourth-order valence-corrected chi connectivity index (χ4v) is 2.17. The summed E-state index contributed by atoms with van der Waals surface area (Å²) in [6.45, 7) is 1.96. The number of alkyl halides is 3. The number of hydrogen-bond donors (Lipinski definition) is 1. The lowest BCUT2D eigenvalue weighted by molar-refractivity contribution is -0.138. The Hall–Kier alpha value is -1.81. The zero-order chi connectivity index (χ0) is 14.8. The number of nitrogens with two attached hydrogens (primary N) is 1. The van der Waals surface area contributed by atoms with Crippen molar-refractivity contribution in [3.8, 4) is 0 Å². The van der Waals surface area contributed by atoms with E-state index >= 15 is 0 Å². The molecule has 20 heavy (non-hydrogen) atoms. The van der Waals surface area contributed by atoms with Crippen molar-refractivity contribution in [2.24, 2.45) is 5.73 Å². The molecule has 0 fully saturated rings. The average molecular weight is 279 g/mol. The molecule has 2 aromatic rings. The molecule has 4 heteroatoms. The second kappa shape index (κ2) is 5.67. The first-order valence-electron chi connectivity index (χ1n) is 6.35. The van der Waals surface area contributed by atoms with Crippen molar-refractivity contribution in [2.75, 3.05) is 0 Å². The highest BCUT2D eigenvalue weighted by Gasteiger charge is 2.34. The molecule has 0 heterocycles. The van der Waals surface area contributed by atoms with Crippen molar-refractivity contribution in [3.63, 3.8) is 0 Å². The Morgan fingerprint density at radius 2 is 1.60 bits per heavy atom. The van der Waals surface area contributed by atoms with Gasteiger partial charge in [-0.05, 0) is 30.5 Å². The van der Waals surface area contributed by atoms with E-state index < -0.39 is 17.8 Å². The van der Waals surface area contributed by atoms with Crippen LogP contribution in [-0.4, -0.2) is 0 Å². The van der Waals surface area contributed by atoms with E-state index in [9.17, 15) is 13.2 Å². The van der Waals surface area contributed by atoms with Crippen molar-refractivity contribution in [1.82, 2.24) is 0 Å². The SMILES string of the molecule is Cc1ccc(CC(N)c2ccccc2C(F)(F)F)cc1. The van der Waals surface area contributed by atoms with E-state index in [1.165, 1.54) is 12.1 Å². The Morgan fingerprint density at radius 3 is 2.20 bits per heavy atom. The van der Waals surface area contributed by atoms with E-state index in [1.807, 2.05) is 31.2 Å². The molecule has 0 aromatic heterocycles. The summed E-state index contributed by atoms with van der Waals surface area (Å²) in [5, 5.41) is 0. The van der Waals surface area contributed by atoms with Crippen LogP contribution in [0, 0.1) is 6.92 Å². The highest BCUT2D eigenvalue weighted by molar-refractivity contribution is 5.34. The summed E-state index contributed by atoms with van der Waals surface area (Å²) in [7, 11) is 0. The molecule has 0 radical (unpaired) electrons. The molecule has 106 valence electrons. The number of aryl methyl sites for hydroxylation is 1. The van der Waals surface area contributed by atoms with Crippen molar-refractivity contribution < 1.29 is 13.2 Å². The molecule has 1 nitrogen and oxygen atoms in total. The lowest BCUT2D eigenvalue weighted by atomic mass is 9.95. The summed E-state index contributed by atoms with van der Waals surface area (Å²) < 4.78 is 38.8. The van der Waals surface area contributed by atoms with Gasteiger partial charge in [0.15, 0.2) is 0 Å². The first-order chi connectivity index (χ1) is 9.38. The predicted molar refractivity (Wildman–Crippen MR) is 73.3 cm³/mol. The standard InChI is InChI=1S/C16H16F3N/c1-11-6-8-12(9-7-11)10-15(20)13-4-2-3-5-14(13)16(17,18)19/h2-9,15H,10,20H2,1H3. The minimum absolute atomic E-state index is 0.139. The third-order valence-corrected chi connectivity index (χ3v) is 3.24. The summed E-state index contributed by atoms with van der Waals surface area (Å²) in [6.07, 6.45) is -3.99. The van der Waals surface area contributed by atoms with Gasteiger partial charge in [0.25, 0.3) is 0 Å². The fraction of sp³-hybridized carbons (Fsp3) is 0.250. The van der Waals surface area contributed by atoms with Gasteiger partial charge in [-0.3, -0.25) is 0 Å². The van der Waals surface area contributed by atoms with Gasteiger partial charge in [0.05, 0.1) is 5.56 Å². The van der Waals surface area contributed by atoms with E-state index in [0.29, 0.717) is 6.42 Å². The Bertz CT molecular complexity index is 573. The lowest BCUT2D eigenvalue weighted by Gasteiger charge is -2.18. The second-order valence-electron chi connectivity index (χ2n) is 4.88. The van der Waals surface area contributed by atoms with Gasteiger partial charge in [-0.15, -0.1) is 0 Å². The molecule has 0 aliphatic rings. The van der Waals surface area contributed by atoms with Crippen molar-refractivity contribution in [3.05, 3.63) is 70.8 Å². The minimum Gasteiger partial charge on any atom is -0.324 e. The third kappa shape index (κ3) is 3.39. The molecule has 1 atom stereocenters. The molecule has 0 aliphatic carbocycles. The van der Waals surface area contributed by atoms with Crippen molar-refractivity contribution in [1.29, 1.82) is 0 Å². The average Bonchev–Trinajstić information content (AvgIpc) is 2.40. The summed E-state index contributed by atoms with van der Waals surface area (Å²) in [4.78, 5) is 0. The molecule has 1 unspecified atom stereocenters. The van der Waals surface area contributed by atoms with E-state index in [-0.39, 0.29) is 5.56 Å². The van der Waals surface area contributed by atoms with Crippen LogP contribution >= 0.6 is 0 Å². The minimum atomic E-state index is -4.37. The first kappa shape index (κ1) is 14.6. The normalized spacial score (nSPS) is 13.2. The van der Waals surface area contributed by atoms with E-state index in [4.69, 9.17) is 5.73 Å². The molecular formula is C16H16F3N.